The van der Waals surface area contributed by atoms with Crippen molar-refractivity contribution in [3.63, 3.8) is 0 Å². The first-order valence-corrected chi connectivity index (χ1v) is 9.48. The standard InChI is InChI=1S/C20H17N3O2S2/c24-18(13-14-5-2-1-3-6-14)23-20(26)22-16-10-8-15(9-11-16)21-19(25)17-7-4-12-27-17/h1-12H,13H2,(H,21,25)(H2,22,23,24,26). The molecule has 2 amide bonds. The van der Waals surface area contributed by atoms with Gasteiger partial charge in [0.15, 0.2) is 5.11 Å². The van der Waals surface area contributed by atoms with Crippen LogP contribution in [0, 0.1) is 0 Å². The first kappa shape index (κ1) is 18.8. The van der Waals surface area contributed by atoms with E-state index in [2.05, 4.69) is 16.0 Å². The van der Waals surface area contributed by atoms with Gasteiger partial charge in [-0.3, -0.25) is 9.59 Å². The van der Waals surface area contributed by atoms with E-state index in [9.17, 15) is 9.59 Å². The smallest absolute Gasteiger partial charge is 0.265 e. The summed E-state index contributed by atoms with van der Waals surface area (Å²) in [6.45, 7) is 0. The Labute approximate surface area is 166 Å². The van der Waals surface area contributed by atoms with Crippen LogP contribution in [0.4, 0.5) is 11.4 Å². The lowest BCUT2D eigenvalue weighted by Crippen LogP contribution is -2.35. The van der Waals surface area contributed by atoms with Gasteiger partial charge >= 0.3 is 0 Å². The monoisotopic (exact) mass is 395 g/mol. The molecule has 136 valence electrons. The average Bonchev–Trinajstić information content (AvgIpc) is 3.19. The Morgan fingerprint density at radius 3 is 2.15 bits per heavy atom. The molecule has 0 aliphatic carbocycles. The summed E-state index contributed by atoms with van der Waals surface area (Å²) in [6, 6.07) is 20.1. The van der Waals surface area contributed by atoms with Gasteiger partial charge in [0.2, 0.25) is 5.91 Å². The molecule has 3 N–H and O–H groups in total. The van der Waals surface area contributed by atoms with E-state index < -0.39 is 0 Å². The Balaban J connectivity index is 1.49. The van der Waals surface area contributed by atoms with Crippen LogP contribution in [0.5, 0.6) is 0 Å². The van der Waals surface area contributed by atoms with Crippen molar-refractivity contribution in [1.29, 1.82) is 0 Å². The van der Waals surface area contributed by atoms with Gasteiger partial charge in [-0.2, -0.15) is 0 Å². The second-order valence-corrected chi connectivity index (χ2v) is 7.03. The summed E-state index contributed by atoms with van der Waals surface area (Å²) < 4.78 is 0. The van der Waals surface area contributed by atoms with Crippen LogP contribution in [-0.4, -0.2) is 16.9 Å². The normalized spacial score (nSPS) is 10.1. The highest BCUT2D eigenvalue weighted by atomic mass is 32.1. The third kappa shape index (κ3) is 5.73. The van der Waals surface area contributed by atoms with Crippen molar-refractivity contribution in [2.75, 3.05) is 10.6 Å². The molecule has 0 saturated carbocycles. The molecule has 0 unspecified atom stereocenters. The zero-order chi connectivity index (χ0) is 19.1. The summed E-state index contributed by atoms with van der Waals surface area (Å²) in [6.07, 6.45) is 0.260. The van der Waals surface area contributed by atoms with Crippen molar-refractivity contribution in [3.8, 4) is 0 Å². The number of anilines is 2. The number of hydrogen-bond acceptors (Lipinski definition) is 4. The second-order valence-electron chi connectivity index (χ2n) is 5.67. The van der Waals surface area contributed by atoms with Crippen LogP contribution in [0.25, 0.3) is 0 Å². The molecule has 1 heterocycles. The number of benzene rings is 2. The van der Waals surface area contributed by atoms with Crippen molar-refractivity contribution < 1.29 is 9.59 Å². The van der Waals surface area contributed by atoms with E-state index in [1.807, 2.05) is 41.8 Å². The number of rotatable bonds is 5. The number of thiocarbonyl (C=S) groups is 1. The van der Waals surface area contributed by atoms with E-state index >= 15 is 0 Å². The van der Waals surface area contributed by atoms with Crippen molar-refractivity contribution in [2.45, 2.75) is 6.42 Å². The Hall–Kier alpha value is -3.03. The van der Waals surface area contributed by atoms with Gasteiger partial charge in [0.25, 0.3) is 5.91 Å². The Kier molecular flexibility index (Phi) is 6.30. The number of amides is 2. The lowest BCUT2D eigenvalue weighted by Gasteiger charge is -2.10. The largest absolute Gasteiger partial charge is 0.332 e. The summed E-state index contributed by atoms with van der Waals surface area (Å²) in [5.74, 6) is -0.326. The van der Waals surface area contributed by atoms with E-state index in [0.29, 0.717) is 16.3 Å². The van der Waals surface area contributed by atoms with Gasteiger partial charge in [0.1, 0.15) is 0 Å². The molecule has 0 radical (unpaired) electrons. The van der Waals surface area contributed by atoms with Gasteiger partial charge in [-0.25, -0.2) is 0 Å². The summed E-state index contributed by atoms with van der Waals surface area (Å²) >= 11 is 6.56. The Bertz CT molecular complexity index is 924. The molecule has 2 aromatic carbocycles. The molecule has 0 saturated heterocycles. The molecule has 3 rings (SSSR count). The Morgan fingerprint density at radius 2 is 1.52 bits per heavy atom. The number of nitrogens with one attached hydrogen (secondary N) is 3. The van der Waals surface area contributed by atoms with Crippen LogP contribution in [0.15, 0.2) is 72.1 Å². The first-order chi connectivity index (χ1) is 13.1. The van der Waals surface area contributed by atoms with Gasteiger partial charge in [0.05, 0.1) is 11.3 Å². The quantitative estimate of drug-likeness (QED) is 0.570. The van der Waals surface area contributed by atoms with Crippen molar-refractivity contribution >= 4 is 51.9 Å². The van der Waals surface area contributed by atoms with Gasteiger partial charge in [-0.15, -0.1) is 11.3 Å². The summed E-state index contributed by atoms with van der Waals surface area (Å²) in [5.41, 5.74) is 2.32. The summed E-state index contributed by atoms with van der Waals surface area (Å²) in [5, 5.41) is 10.5. The minimum Gasteiger partial charge on any atom is -0.332 e. The fourth-order valence-corrected chi connectivity index (χ4v) is 3.20. The van der Waals surface area contributed by atoms with E-state index in [0.717, 1.165) is 5.56 Å². The number of hydrogen-bond donors (Lipinski definition) is 3. The minimum absolute atomic E-state index is 0.144. The third-order valence-electron chi connectivity index (χ3n) is 3.61. The van der Waals surface area contributed by atoms with Crippen molar-refractivity contribution in [1.82, 2.24) is 5.32 Å². The molecule has 0 bridgehead atoms. The van der Waals surface area contributed by atoms with E-state index in [1.165, 1.54) is 11.3 Å². The highest BCUT2D eigenvalue weighted by Crippen LogP contribution is 2.16. The maximum Gasteiger partial charge on any atom is 0.265 e. The van der Waals surface area contributed by atoms with Crippen LogP contribution in [-0.2, 0) is 11.2 Å². The molecule has 0 aliphatic heterocycles. The van der Waals surface area contributed by atoms with Crippen LogP contribution < -0.4 is 16.0 Å². The van der Waals surface area contributed by atoms with Crippen molar-refractivity contribution in [3.05, 3.63) is 82.6 Å². The Morgan fingerprint density at radius 1 is 0.852 bits per heavy atom. The minimum atomic E-state index is -0.182. The molecule has 7 heteroatoms. The number of carbonyl (C=O) groups is 2. The fourth-order valence-electron chi connectivity index (χ4n) is 2.35. The van der Waals surface area contributed by atoms with Crippen LogP contribution in [0.2, 0.25) is 0 Å². The molecule has 0 spiro atoms. The fraction of sp³-hybridized carbons (Fsp3) is 0.0500. The second kappa shape index (κ2) is 9.07. The molecule has 27 heavy (non-hydrogen) atoms. The van der Waals surface area contributed by atoms with Gasteiger partial charge < -0.3 is 16.0 Å². The number of carbonyl (C=O) groups excluding carboxylic acids is 2. The number of thiophene rings is 1. The zero-order valence-electron chi connectivity index (χ0n) is 14.3. The maximum atomic E-state index is 12.0. The highest BCUT2D eigenvalue weighted by molar-refractivity contribution is 7.80. The molecule has 0 fully saturated rings. The molecule has 5 nitrogen and oxygen atoms in total. The summed E-state index contributed by atoms with van der Waals surface area (Å²) in [4.78, 5) is 24.7. The average molecular weight is 396 g/mol. The van der Waals surface area contributed by atoms with E-state index in [-0.39, 0.29) is 23.3 Å². The maximum absolute atomic E-state index is 12.0. The first-order valence-electron chi connectivity index (χ1n) is 8.20. The van der Waals surface area contributed by atoms with Crippen LogP contribution in [0.1, 0.15) is 15.2 Å². The molecular formula is C20H17N3O2S2. The lowest BCUT2D eigenvalue weighted by atomic mass is 10.1. The zero-order valence-corrected chi connectivity index (χ0v) is 15.9. The predicted octanol–water partition coefficient (Wildman–Crippen LogP) is 4.06. The van der Waals surface area contributed by atoms with Gasteiger partial charge in [0, 0.05) is 11.4 Å². The topological polar surface area (TPSA) is 70.2 Å². The van der Waals surface area contributed by atoms with Gasteiger partial charge in [-0.1, -0.05) is 36.4 Å². The molecular weight excluding hydrogens is 378 g/mol. The molecule has 0 aliphatic rings. The SMILES string of the molecule is O=C(Cc1ccccc1)NC(=S)Nc1ccc(NC(=O)c2cccs2)cc1. The third-order valence-corrected chi connectivity index (χ3v) is 4.68. The van der Waals surface area contributed by atoms with E-state index in [4.69, 9.17) is 12.2 Å². The van der Waals surface area contributed by atoms with Crippen LogP contribution in [0.3, 0.4) is 0 Å². The molecule has 0 atom stereocenters. The van der Waals surface area contributed by atoms with Crippen LogP contribution >= 0.6 is 23.6 Å². The highest BCUT2D eigenvalue weighted by Gasteiger charge is 2.08. The van der Waals surface area contributed by atoms with Gasteiger partial charge in [-0.05, 0) is 53.5 Å². The summed E-state index contributed by atoms with van der Waals surface area (Å²) in [7, 11) is 0. The predicted molar refractivity (Wildman–Crippen MR) is 113 cm³/mol. The lowest BCUT2D eigenvalue weighted by molar-refractivity contribution is -0.119. The van der Waals surface area contributed by atoms with E-state index in [1.54, 1.807) is 30.3 Å². The molecule has 1 aromatic heterocycles. The van der Waals surface area contributed by atoms with Crippen molar-refractivity contribution in [2.24, 2.45) is 0 Å². The molecule has 3 aromatic rings.